The molecule has 0 aliphatic heterocycles. The van der Waals surface area contributed by atoms with E-state index in [4.69, 9.17) is 14.2 Å². The Bertz CT molecular complexity index is 578. The summed E-state index contributed by atoms with van der Waals surface area (Å²) in [6.07, 6.45) is 12.4. The van der Waals surface area contributed by atoms with E-state index < -0.39 is 0 Å². The maximum absolute atomic E-state index is 11.8. The van der Waals surface area contributed by atoms with Gasteiger partial charge in [-0.15, -0.1) is 0 Å². The van der Waals surface area contributed by atoms with Crippen LogP contribution in [0.2, 0.25) is 0 Å². The molecular weight excluding hydrogens is 352 g/mol. The third kappa shape index (κ3) is 11.0. The molecule has 1 rings (SSSR count). The van der Waals surface area contributed by atoms with E-state index in [1.165, 1.54) is 38.2 Å². The summed E-state index contributed by atoms with van der Waals surface area (Å²) in [7, 11) is 0. The first kappa shape index (κ1) is 24.1. The lowest BCUT2D eigenvalue weighted by atomic mass is 10.1. The Morgan fingerprint density at radius 2 is 1.57 bits per heavy atom. The van der Waals surface area contributed by atoms with Crippen LogP contribution < -0.4 is 9.47 Å². The van der Waals surface area contributed by atoms with Gasteiger partial charge in [0.25, 0.3) is 0 Å². The zero-order chi connectivity index (χ0) is 20.6. The number of ether oxygens (including phenoxy) is 3. The predicted octanol–water partition coefficient (Wildman–Crippen LogP) is 6.57. The average Bonchev–Trinajstić information content (AvgIpc) is 2.66. The number of carbonyl (C=O) groups is 1. The van der Waals surface area contributed by atoms with Crippen molar-refractivity contribution in [1.29, 1.82) is 0 Å². The predicted molar refractivity (Wildman–Crippen MR) is 116 cm³/mol. The Morgan fingerprint density at radius 3 is 2.18 bits per heavy atom. The van der Waals surface area contributed by atoms with Crippen molar-refractivity contribution in [2.75, 3.05) is 13.2 Å². The van der Waals surface area contributed by atoms with Gasteiger partial charge < -0.3 is 14.2 Å². The summed E-state index contributed by atoms with van der Waals surface area (Å²) in [5, 5.41) is 0. The fourth-order valence-electron chi connectivity index (χ4n) is 2.73. The maximum Gasteiger partial charge on any atom is 0.331 e. The Labute approximate surface area is 171 Å². The van der Waals surface area contributed by atoms with Crippen LogP contribution in [0.3, 0.4) is 0 Å². The lowest BCUT2D eigenvalue weighted by Gasteiger charge is -2.13. The summed E-state index contributed by atoms with van der Waals surface area (Å²) in [6, 6.07) is 5.78. The minimum absolute atomic E-state index is 0.130. The normalized spacial score (nSPS) is 11.2. The van der Waals surface area contributed by atoms with Crippen molar-refractivity contribution in [3.05, 3.63) is 29.8 Å². The first-order valence-corrected chi connectivity index (χ1v) is 10.8. The number of carbonyl (C=O) groups excluding carboxylic acids is 1. The average molecular weight is 391 g/mol. The first-order valence-electron chi connectivity index (χ1n) is 10.8. The molecule has 0 atom stereocenters. The van der Waals surface area contributed by atoms with E-state index in [9.17, 15) is 4.79 Å². The van der Waals surface area contributed by atoms with Gasteiger partial charge in [0, 0.05) is 17.7 Å². The van der Waals surface area contributed by atoms with Crippen molar-refractivity contribution in [3.8, 4) is 11.5 Å². The minimum Gasteiger partial charge on any atom is -0.493 e. The van der Waals surface area contributed by atoms with Crippen LogP contribution in [0, 0.1) is 0 Å². The summed E-state index contributed by atoms with van der Waals surface area (Å²) < 4.78 is 17.0. The van der Waals surface area contributed by atoms with Crippen LogP contribution in [0.5, 0.6) is 11.5 Å². The molecule has 0 radical (unpaired) electrons. The lowest BCUT2D eigenvalue weighted by Crippen LogP contribution is -2.08. The highest BCUT2D eigenvalue weighted by atomic mass is 16.5. The molecular formula is C24H38O4. The van der Waals surface area contributed by atoms with Crippen LogP contribution in [0.25, 0.3) is 6.08 Å². The molecule has 0 fully saturated rings. The van der Waals surface area contributed by atoms with Gasteiger partial charge in [-0.3, -0.25) is 0 Å². The number of unbranched alkanes of at least 4 members (excludes halogenated alkanes) is 6. The van der Waals surface area contributed by atoms with Crippen LogP contribution >= 0.6 is 0 Å². The van der Waals surface area contributed by atoms with Gasteiger partial charge in [0.2, 0.25) is 0 Å². The highest BCUT2D eigenvalue weighted by Gasteiger charge is 2.07. The number of hydrogen-bond acceptors (Lipinski definition) is 4. The van der Waals surface area contributed by atoms with Crippen molar-refractivity contribution in [3.63, 3.8) is 0 Å². The molecule has 0 amide bonds. The minimum atomic E-state index is -0.347. The summed E-state index contributed by atoms with van der Waals surface area (Å²) >= 11 is 0. The highest BCUT2D eigenvalue weighted by Crippen LogP contribution is 2.27. The van der Waals surface area contributed by atoms with Gasteiger partial charge >= 0.3 is 5.97 Å². The highest BCUT2D eigenvalue weighted by molar-refractivity contribution is 5.87. The molecule has 1 aromatic rings. The second-order valence-electron chi connectivity index (χ2n) is 7.34. The molecule has 4 nitrogen and oxygen atoms in total. The topological polar surface area (TPSA) is 44.8 Å². The van der Waals surface area contributed by atoms with Gasteiger partial charge in [0.1, 0.15) is 11.5 Å². The van der Waals surface area contributed by atoms with Crippen LogP contribution in [0.15, 0.2) is 24.3 Å². The Balaban J connectivity index is 2.72. The molecule has 158 valence electrons. The van der Waals surface area contributed by atoms with Crippen molar-refractivity contribution >= 4 is 12.0 Å². The fourth-order valence-corrected chi connectivity index (χ4v) is 2.73. The van der Waals surface area contributed by atoms with Gasteiger partial charge in [-0.2, -0.15) is 0 Å². The van der Waals surface area contributed by atoms with Crippen molar-refractivity contribution in [1.82, 2.24) is 0 Å². The molecule has 0 aromatic heterocycles. The lowest BCUT2D eigenvalue weighted by molar-refractivity contribution is -0.141. The monoisotopic (exact) mass is 390 g/mol. The van der Waals surface area contributed by atoms with Crippen LogP contribution in [0.1, 0.15) is 84.6 Å². The molecule has 28 heavy (non-hydrogen) atoms. The van der Waals surface area contributed by atoms with Crippen LogP contribution in [0.4, 0.5) is 0 Å². The summed E-state index contributed by atoms with van der Waals surface area (Å²) in [5.74, 6) is 1.21. The Kier molecular flexibility index (Phi) is 12.9. The zero-order valence-electron chi connectivity index (χ0n) is 18.2. The second-order valence-corrected chi connectivity index (χ2v) is 7.34. The molecule has 0 aliphatic rings. The molecule has 0 heterocycles. The standard InChI is InChI=1S/C24H38O4/c1-5-7-9-11-17-26-22-15-13-21(14-16-24(25)28-20(3)4)23(19-22)27-18-12-10-8-6-2/h13-16,19-20H,5-12,17-18H2,1-4H3. The maximum atomic E-state index is 11.8. The zero-order valence-corrected chi connectivity index (χ0v) is 18.2. The molecule has 0 saturated heterocycles. The summed E-state index contributed by atoms with van der Waals surface area (Å²) in [4.78, 5) is 11.8. The molecule has 0 aliphatic carbocycles. The molecule has 4 heteroatoms. The quantitative estimate of drug-likeness (QED) is 0.193. The van der Waals surface area contributed by atoms with Crippen molar-refractivity contribution in [2.24, 2.45) is 0 Å². The fraction of sp³-hybridized carbons (Fsp3) is 0.625. The van der Waals surface area contributed by atoms with Gasteiger partial charge in [0.05, 0.1) is 19.3 Å². The molecule has 0 bridgehead atoms. The van der Waals surface area contributed by atoms with Crippen LogP contribution in [-0.4, -0.2) is 25.3 Å². The van der Waals surface area contributed by atoms with Gasteiger partial charge in [-0.25, -0.2) is 4.79 Å². The van der Waals surface area contributed by atoms with E-state index in [1.807, 2.05) is 32.0 Å². The third-order valence-corrected chi connectivity index (χ3v) is 4.26. The van der Waals surface area contributed by atoms with E-state index in [1.54, 1.807) is 6.08 Å². The molecule has 0 N–H and O–H groups in total. The Hall–Kier alpha value is -1.97. The van der Waals surface area contributed by atoms with Crippen LogP contribution in [-0.2, 0) is 9.53 Å². The van der Waals surface area contributed by atoms with E-state index in [-0.39, 0.29) is 12.1 Å². The molecule has 1 aromatic carbocycles. The SMILES string of the molecule is CCCCCCOc1ccc(C=CC(=O)OC(C)C)c(OCCCCCC)c1. The molecule has 0 spiro atoms. The smallest absolute Gasteiger partial charge is 0.331 e. The number of hydrogen-bond donors (Lipinski definition) is 0. The first-order chi connectivity index (χ1) is 13.6. The van der Waals surface area contributed by atoms with Gasteiger partial charge in [0.15, 0.2) is 0 Å². The summed E-state index contributed by atoms with van der Waals surface area (Å²) in [6.45, 7) is 9.45. The van der Waals surface area contributed by atoms with Gasteiger partial charge in [-0.1, -0.05) is 52.4 Å². The number of rotatable bonds is 15. The molecule has 0 unspecified atom stereocenters. The van der Waals surface area contributed by atoms with Gasteiger partial charge in [-0.05, 0) is 44.9 Å². The van der Waals surface area contributed by atoms with Crippen molar-refractivity contribution in [2.45, 2.75) is 85.2 Å². The van der Waals surface area contributed by atoms with E-state index in [0.717, 1.165) is 36.3 Å². The van der Waals surface area contributed by atoms with Crippen molar-refractivity contribution < 1.29 is 19.0 Å². The Morgan fingerprint density at radius 1 is 0.929 bits per heavy atom. The van der Waals surface area contributed by atoms with E-state index in [2.05, 4.69) is 13.8 Å². The number of benzene rings is 1. The largest absolute Gasteiger partial charge is 0.493 e. The summed E-state index contributed by atoms with van der Waals surface area (Å²) in [5.41, 5.74) is 0.856. The molecule has 0 saturated carbocycles. The number of esters is 1. The second kappa shape index (κ2) is 15.0. The third-order valence-electron chi connectivity index (χ3n) is 4.26. The van der Waals surface area contributed by atoms with E-state index >= 15 is 0 Å². The van der Waals surface area contributed by atoms with E-state index in [0.29, 0.717) is 13.2 Å².